The van der Waals surface area contributed by atoms with Crippen molar-refractivity contribution in [1.29, 1.82) is 0 Å². The Morgan fingerprint density at radius 3 is 2.55 bits per heavy atom. The van der Waals surface area contributed by atoms with Crippen LogP contribution in [0.15, 0.2) is 18.3 Å². The summed E-state index contributed by atoms with van der Waals surface area (Å²) in [5, 5.41) is 6.60. The SMILES string of the molecule is CC1Cn2ncc(N3CCCS3(=O)=O)c2CN1C(=O)Nc1cc(F)c(F)c(F)c1. The van der Waals surface area contributed by atoms with Gasteiger partial charge in [-0.25, -0.2) is 26.4 Å². The van der Waals surface area contributed by atoms with Crippen molar-refractivity contribution in [2.75, 3.05) is 21.9 Å². The third kappa shape index (κ3) is 3.41. The van der Waals surface area contributed by atoms with Crippen LogP contribution in [-0.2, 0) is 23.1 Å². The zero-order valence-corrected chi connectivity index (χ0v) is 16.2. The highest BCUT2D eigenvalue weighted by molar-refractivity contribution is 7.93. The summed E-state index contributed by atoms with van der Waals surface area (Å²) < 4.78 is 67.4. The quantitative estimate of drug-likeness (QED) is 0.742. The van der Waals surface area contributed by atoms with Crippen molar-refractivity contribution in [3.63, 3.8) is 0 Å². The highest BCUT2D eigenvalue weighted by Crippen LogP contribution is 2.31. The molecule has 2 amide bonds. The maximum absolute atomic E-state index is 13.4. The normalized spacial score (nSPS) is 20.6. The van der Waals surface area contributed by atoms with E-state index in [1.165, 1.54) is 15.4 Å². The maximum atomic E-state index is 13.4. The number of nitrogens with zero attached hydrogens (tertiary/aromatic N) is 4. The minimum absolute atomic E-state index is 0.0555. The van der Waals surface area contributed by atoms with Crippen molar-refractivity contribution < 1.29 is 26.4 Å². The number of fused-ring (bicyclic) bond motifs is 1. The Morgan fingerprint density at radius 1 is 1.24 bits per heavy atom. The number of amides is 2. The summed E-state index contributed by atoms with van der Waals surface area (Å²) in [7, 11) is -3.41. The zero-order chi connectivity index (χ0) is 20.9. The number of urea groups is 1. The van der Waals surface area contributed by atoms with E-state index in [1.807, 2.05) is 0 Å². The first-order valence-electron chi connectivity index (χ1n) is 8.94. The second-order valence-corrected chi connectivity index (χ2v) is 9.07. The van der Waals surface area contributed by atoms with Crippen LogP contribution in [0.4, 0.5) is 29.3 Å². The van der Waals surface area contributed by atoms with Gasteiger partial charge in [0.1, 0.15) is 0 Å². The standard InChI is InChI=1S/C17H18F3N5O3S/c1-10-8-24-15(14(7-21-24)25-3-2-4-29(25,27)28)9-23(10)17(26)22-11-5-12(18)16(20)13(19)6-11/h5-7,10H,2-4,8-9H2,1H3,(H,22,26). The summed E-state index contributed by atoms with van der Waals surface area (Å²) in [6, 6.07) is 0.417. The second-order valence-electron chi connectivity index (χ2n) is 7.06. The molecule has 3 heterocycles. The molecule has 8 nitrogen and oxygen atoms in total. The molecule has 1 unspecified atom stereocenters. The van der Waals surface area contributed by atoms with E-state index in [1.54, 1.807) is 11.6 Å². The van der Waals surface area contributed by atoms with Crippen LogP contribution in [0.1, 0.15) is 19.0 Å². The van der Waals surface area contributed by atoms with Gasteiger partial charge in [0, 0.05) is 24.4 Å². The summed E-state index contributed by atoms with van der Waals surface area (Å²) in [5.41, 5.74) is 0.756. The van der Waals surface area contributed by atoms with Gasteiger partial charge in [0.15, 0.2) is 17.5 Å². The fraction of sp³-hybridized carbons (Fsp3) is 0.412. The molecule has 4 rings (SSSR count). The molecule has 0 aliphatic carbocycles. The van der Waals surface area contributed by atoms with Crippen molar-refractivity contribution in [3.8, 4) is 0 Å². The molecule has 2 aromatic rings. The lowest BCUT2D eigenvalue weighted by Gasteiger charge is -2.35. The molecule has 12 heteroatoms. The largest absolute Gasteiger partial charge is 0.322 e. The summed E-state index contributed by atoms with van der Waals surface area (Å²) in [6.07, 6.45) is 1.98. The van der Waals surface area contributed by atoms with Gasteiger partial charge < -0.3 is 10.2 Å². The Hall–Kier alpha value is -2.76. The van der Waals surface area contributed by atoms with Gasteiger partial charge in [0.05, 0.1) is 42.5 Å². The molecule has 156 valence electrons. The van der Waals surface area contributed by atoms with Crippen LogP contribution in [0.2, 0.25) is 0 Å². The molecule has 2 aliphatic heterocycles. The Labute approximate surface area is 164 Å². The van der Waals surface area contributed by atoms with Gasteiger partial charge >= 0.3 is 6.03 Å². The molecule has 2 aliphatic rings. The van der Waals surface area contributed by atoms with Crippen molar-refractivity contribution in [2.24, 2.45) is 0 Å². The fourth-order valence-electron chi connectivity index (χ4n) is 3.60. The molecule has 0 spiro atoms. The van der Waals surface area contributed by atoms with E-state index in [2.05, 4.69) is 10.4 Å². The zero-order valence-electron chi connectivity index (χ0n) is 15.4. The average Bonchev–Trinajstić information content (AvgIpc) is 3.20. The fourth-order valence-corrected chi connectivity index (χ4v) is 5.17. The predicted molar refractivity (Wildman–Crippen MR) is 98.3 cm³/mol. The molecule has 29 heavy (non-hydrogen) atoms. The van der Waals surface area contributed by atoms with E-state index < -0.39 is 33.5 Å². The predicted octanol–water partition coefficient (Wildman–Crippen LogP) is 2.28. The van der Waals surface area contributed by atoms with Crippen LogP contribution >= 0.6 is 0 Å². The average molecular weight is 429 g/mol. The highest BCUT2D eigenvalue weighted by Gasteiger charge is 2.36. The molecule has 1 saturated heterocycles. The number of benzene rings is 1. The van der Waals surface area contributed by atoms with Gasteiger partial charge in [-0.15, -0.1) is 0 Å². The molecule has 1 atom stereocenters. The minimum atomic E-state index is -3.41. The molecule has 1 N–H and O–H groups in total. The number of anilines is 2. The van der Waals surface area contributed by atoms with Gasteiger partial charge in [-0.2, -0.15) is 5.10 Å². The van der Waals surface area contributed by atoms with Crippen LogP contribution in [0.3, 0.4) is 0 Å². The van der Waals surface area contributed by atoms with Crippen molar-refractivity contribution in [1.82, 2.24) is 14.7 Å². The lowest BCUT2D eigenvalue weighted by Crippen LogP contribution is -2.47. The number of hydrogen-bond acceptors (Lipinski definition) is 4. The van der Waals surface area contributed by atoms with Crippen LogP contribution in [-0.4, -0.2) is 47.5 Å². The summed E-state index contributed by atoms with van der Waals surface area (Å²) in [4.78, 5) is 14.1. The molecular weight excluding hydrogens is 411 g/mol. The Balaban J connectivity index is 1.58. The monoisotopic (exact) mass is 429 g/mol. The minimum Gasteiger partial charge on any atom is -0.314 e. The second kappa shape index (κ2) is 6.94. The first-order chi connectivity index (χ1) is 13.7. The number of hydrogen-bond donors (Lipinski definition) is 1. The van der Waals surface area contributed by atoms with E-state index in [0.717, 1.165) is 0 Å². The van der Waals surface area contributed by atoms with Gasteiger partial charge in [0.2, 0.25) is 10.0 Å². The van der Waals surface area contributed by atoms with Gasteiger partial charge in [-0.1, -0.05) is 0 Å². The lowest BCUT2D eigenvalue weighted by molar-refractivity contribution is 0.161. The van der Waals surface area contributed by atoms with E-state index in [9.17, 15) is 26.4 Å². The van der Waals surface area contributed by atoms with Crippen LogP contribution < -0.4 is 9.62 Å². The maximum Gasteiger partial charge on any atom is 0.322 e. The van der Waals surface area contributed by atoms with Gasteiger partial charge in [-0.3, -0.25) is 8.99 Å². The lowest BCUT2D eigenvalue weighted by atomic mass is 10.2. The first kappa shape index (κ1) is 19.6. The van der Waals surface area contributed by atoms with Crippen LogP contribution in [0.25, 0.3) is 0 Å². The highest BCUT2D eigenvalue weighted by atomic mass is 32.2. The van der Waals surface area contributed by atoms with Crippen molar-refractivity contribution in [3.05, 3.63) is 41.5 Å². The number of carbonyl (C=O) groups is 1. The Morgan fingerprint density at radius 2 is 1.93 bits per heavy atom. The Kier molecular flexibility index (Phi) is 4.68. The number of halogens is 3. The molecule has 0 radical (unpaired) electrons. The van der Waals surface area contributed by atoms with Crippen LogP contribution in [0, 0.1) is 17.5 Å². The summed E-state index contributed by atoms with van der Waals surface area (Å²) >= 11 is 0. The molecule has 1 aromatic heterocycles. The van der Waals surface area contributed by atoms with E-state index in [4.69, 9.17) is 0 Å². The molecular formula is C17H18F3N5O3S. The van der Waals surface area contributed by atoms with Crippen molar-refractivity contribution >= 4 is 27.4 Å². The third-order valence-electron chi connectivity index (χ3n) is 5.08. The Bertz CT molecular complexity index is 1060. The summed E-state index contributed by atoms with van der Waals surface area (Å²) in [6.45, 7) is 2.49. The molecule has 1 fully saturated rings. The number of aromatic nitrogens is 2. The van der Waals surface area contributed by atoms with E-state index >= 15 is 0 Å². The number of rotatable bonds is 2. The molecule has 1 aromatic carbocycles. The van der Waals surface area contributed by atoms with E-state index in [-0.39, 0.29) is 24.0 Å². The van der Waals surface area contributed by atoms with Gasteiger partial charge in [0.25, 0.3) is 0 Å². The van der Waals surface area contributed by atoms with E-state index in [0.29, 0.717) is 43.0 Å². The first-order valence-corrected chi connectivity index (χ1v) is 10.6. The van der Waals surface area contributed by atoms with Crippen molar-refractivity contribution in [2.45, 2.75) is 32.5 Å². The number of sulfonamides is 1. The smallest absolute Gasteiger partial charge is 0.314 e. The molecule has 0 bridgehead atoms. The number of carbonyl (C=O) groups excluding carboxylic acids is 1. The third-order valence-corrected chi connectivity index (χ3v) is 6.94. The summed E-state index contributed by atoms with van der Waals surface area (Å²) in [5.74, 6) is -4.38. The molecule has 0 saturated carbocycles. The number of nitrogens with one attached hydrogen (secondary N) is 1. The van der Waals surface area contributed by atoms with Crippen LogP contribution in [0.5, 0.6) is 0 Å². The topological polar surface area (TPSA) is 87.5 Å². The van der Waals surface area contributed by atoms with Gasteiger partial charge in [-0.05, 0) is 13.3 Å².